The van der Waals surface area contributed by atoms with Crippen LogP contribution < -0.4 is 0 Å². The predicted molar refractivity (Wildman–Crippen MR) is 68.7 cm³/mol. The summed E-state index contributed by atoms with van der Waals surface area (Å²) in [5.41, 5.74) is 1.06. The van der Waals surface area contributed by atoms with Gasteiger partial charge in [0.15, 0.2) is 0 Å². The Morgan fingerprint density at radius 2 is 1.89 bits per heavy atom. The minimum atomic E-state index is -0.958. The van der Waals surface area contributed by atoms with Crippen LogP contribution in [0.25, 0.3) is 0 Å². The first-order valence-electron chi connectivity index (χ1n) is 5.34. The largest absolute Gasteiger partial charge is 0.478 e. The summed E-state index contributed by atoms with van der Waals surface area (Å²) in [4.78, 5) is 12.2. The SMILES string of the molecule is Cc1cc(C(=O)O)ccc1Sc1ccccc1F. The molecule has 4 heteroatoms. The number of aryl methyl sites for hydroxylation is 1. The summed E-state index contributed by atoms with van der Waals surface area (Å²) in [7, 11) is 0. The first-order valence-corrected chi connectivity index (χ1v) is 6.16. The molecule has 0 aliphatic carbocycles. The highest BCUT2D eigenvalue weighted by molar-refractivity contribution is 7.99. The lowest BCUT2D eigenvalue weighted by molar-refractivity contribution is 0.0696. The van der Waals surface area contributed by atoms with Gasteiger partial charge in [0, 0.05) is 9.79 Å². The lowest BCUT2D eigenvalue weighted by atomic mass is 10.1. The van der Waals surface area contributed by atoms with Gasteiger partial charge in [-0.3, -0.25) is 0 Å². The van der Waals surface area contributed by atoms with Crippen molar-refractivity contribution in [3.8, 4) is 0 Å². The number of hydrogen-bond acceptors (Lipinski definition) is 2. The lowest BCUT2D eigenvalue weighted by Gasteiger charge is -2.07. The summed E-state index contributed by atoms with van der Waals surface area (Å²) in [6, 6.07) is 11.3. The van der Waals surface area contributed by atoms with Crippen LogP contribution >= 0.6 is 11.8 Å². The van der Waals surface area contributed by atoms with Crippen LogP contribution in [0.1, 0.15) is 15.9 Å². The Hall–Kier alpha value is -1.81. The molecule has 0 atom stereocenters. The van der Waals surface area contributed by atoms with Gasteiger partial charge in [-0.15, -0.1) is 0 Å². The number of aromatic carboxylic acids is 1. The fourth-order valence-corrected chi connectivity index (χ4v) is 2.45. The smallest absolute Gasteiger partial charge is 0.335 e. The van der Waals surface area contributed by atoms with Crippen molar-refractivity contribution in [1.29, 1.82) is 0 Å². The molecule has 2 nitrogen and oxygen atoms in total. The van der Waals surface area contributed by atoms with Crippen LogP contribution in [-0.2, 0) is 0 Å². The predicted octanol–water partition coefficient (Wildman–Crippen LogP) is 3.98. The standard InChI is InChI=1S/C14H11FO2S/c1-9-8-10(14(16)17)6-7-12(9)18-13-5-3-2-4-11(13)15/h2-8H,1H3,(H,16,17). The van der Waals surface area contributed by atoms with Crippen molar-refractivity contribution >= 4 is 17.7 Å². The van der Waals surface area contributed by atoms with E-state index in [9.17, 15) is 9.18 Å². The van der Waals surface area contributed by atoms with E-state index in [-0.39, 0.29) is 11.4 Å². The van der Waals surface area contributed by atoms with Crippen LogP contribution in [0, 0.1) is 12.7 Å². The maximum Gasteiger partial charge on any atom is 0.335 e. The molecule has 0 saturated heterocycles. The number of benzene rings is 2. The van der Waals surface area contributed by atoms with Crippen molar-refractivity contribution in [2.24, 2.45) is 0 Å². The van der Waals surface area contributed by atoms with Gasteiger partial charge in [0.05, 0.1) is 5.56 Å². The third kappa shape index (κ3) is 2.71. The van der Waals surface area contributed by atoms with Gasteiger partial charge >= 0.3 is 5.97 Å². The van der Waals surface area contributed by atoms with Crippen LogP contribution in [0.5, 0.6) is 0 Å². The Labute approximate surface area is 108 Å². The Morgan fingerprint density at radius 1 is 1.17 bits per heavy atom. The average Bonchev–Trinajstić information content (AvgIpc) is 2.34. The number of halogens is 1. The molecular formula is C14H11FO2S. The maximum absolute atomic E-state index is 13.5. The van der Waals surface area contributed by atoms with Gasteiger partial charge in [-0.1, -0.05) is 23.9 Å². The molecule has 0 amide bonds. The summed E-state index contributed by atoms with van der Waals surface area (Å²) in [5, 5.41) is 8.87. The van der Waals surface area contributed by atoms with Crippen LogP contribution in [0.15, 0.2) is 52.3 Å². The zero-order valence-corrected chi connectivity index (χ0v) is 10.5. The monoisotopic (exact) mass is 262 g/mol. The minimum absolute atomic E-state index is 0.241. The Balaban J connectivity index is 2.30. The molecule has 1 N–H and O–H groups in total. The Morgan fingerprint density at radius 3 is 2.50 bits per heavy atom. The van der Waals surface area contributed by atoms with Gasteiger partial charge in [-0.25, -0.2) is 9.18 Å². The van der Waals surface area contributed by atoms with E-state index in [1.54, 1.807) is 30.3 Å². The zero-order valence-electron chi connectivity index (χ0n) is 9.68. The highest BCUT2D eigenvalue weighted by Crippen LogP contribution is 2.32. The van der Waals surface area contributed by atoms with E-state index in [1.807, 2.05) is 6.92 Å². The van der Waals surface area contributed by atoms with Crippen molar-refractivity contribution < 1.29 is 14.3 Å². The highest BCUT2D eigenvalue weighted by atomic mass is 32.2. The number of carboxylic acid groups (broad SMARTS) is 1. The topological polar surface area (TPSA) is 37.3 Å². The normalized spacial score (nSPS) is 10.3. The van der Waals surface area contributed by atoms with Gasteiger partial charge < -0.3 is 5.11 Å². The molecule has 0 unspecified atom stereocenters. The summed E-state index contributed by atoms with van der Waals surface area (Å²) in [6.07, 6.45) is 0. The third-order valence-electron chi connectivity index (χ3n) is 2.48. The number of hydrogen-bond donors (Lipinski definition) is 1. The molecule has 18 heavy (non-hydrogen) atoms. The van der Waals surface area contributed by atoms with E-state index >= 15 is 0 Å². The maximum atomic E-state index is 13.5. The number of carbonyl (C=O) groups is 1. The molecule has 2 rings (SSSR count). The van der Waals surface area contributed by atoms with Gasteiger partial charge in [-0.05, 0) is 42.8 Å². The molecule has 0 saturated carbocycles. The van der Waals surface area contributed by atoms with E-state index in [0.717, 1.165) is 10.5 Å². The van der Waals surface area contributed by atoms with E-state index in [0.29, 0.717) is 4.90 Å². The molecule has 0 aliphatic rings. The Kier molecular flexibility index (Phi) is 3.67. The van der Waals surface area contributed by atoms with E-state index < -0.39 is 5.97 Å². The van der Waals surface area contributed by atoms with Crippen LogP contribution in [0.2, 0.25) is 0 Å². The molecule has 0 spiro atoms. The molecule has 0 bridgehead atoms. The Bertz CT molecular complexity index is 596. The molecule has 0 aromatic heterocycles. The second kappa shape index (κ2) is 5.23. The van der Waals surface area contributed by atoms with Gasteiger partial charge in [0.2, 0.25) is 0 Å². The van der Waals surface area contributed by atoms with Crippen LogP contribution in [0.3, 0.4) is 0 Å². The average molecular weight is 262 g/mol. The summed E-state index contributed by atoms with van der Waals surface area (Å²) in [6.45, 7) is 1.82. The molecular weight excluding hydrogens is 251 g/mol. The van der Waals surface area contributed by atoms with Crippen molar-refractivity contribution in [1.82, 2.24) is 0 Å². The number of rotatable bonds is 3. The molecule has 0 fully saturated rings. The van der Waals surface area contributed by atoms with Crippen LogP contribution in [-0.4, -0.2) is 11.1 Å². The second-order valence-electron chi connectivity index (χ2n) is 3.82. The summed E-state index contributed by atoms with van der Waals surface area (Å²) >= 11 is 1.29. The molecule has 2 aromatic rings. The molecule has 0 radical (unpaired) electrons. The van der Waals surface area contributed by atoms with Crippen molar-refractivity contribution in [3.05, 3.63) is 59.4 Å². The molecule has 2 aromatic carbocycles. The van der Waals surface area contributed by atoms with Gasteiger partial charge in [0.25, 0.3) is 0 Å². The summed E-state index contributed by atoms with van der Waals surface area (Å²) in [5.74, 6) is -1.23. The van der Waals surface area contributed by atoms with Crippen molar-refractivity contribution in [2.75, 3.05) is 0 Å². The summed E-state index contributed by atoms with van der Waals surface area (Å²) < 4.78 is 13.5. The molecule has 0 heterocycles. The highest BCUT2D eigenvalue weighted by Gasteiger charge is 2.08. The zero-order chi connectivity index (χ0) is 13.1. The first kappa shape index (κ1) is 12.6. The van der Waals surface area contributed by atoms with Crippen LogP contribution in [0.4, 0.5) is 4.39 Å². The minimum Gasteiger partial charge on any atom is -0.478 e. The quantitative estimate of drug-likeness (QED) is 0.909. The lowest BCUT2D eigenvalue weighted by Crippen LogP contribution is -1.96. The fraction of sp³-hybridized carbons (Fsp3) is 0.0714. The molecule has 0 aliphatic heterocycles. The molecule has 92 valence electrons. The van der Waals surface area contributed by atoms with Crippen molar-refractivity contribution in [2.45, 2.75) is 16.7 Å². The number of carboxylic acids is 1. The van der Waals surface area contributed by atoms with Gasteiger partial charge in [-0.2, -0.15) is 0 Å². The first-order chi connectivity index (χ1) is 8.58. The van der Waals surface area contributed by atoms with Gasteiger partial charge in [0.1, 0.15) is 5.82 Å². The van der Waals surface area contributed by atoms with Crippen molar-refractivity contribution in [3.63, 3.8) is 0 Å². The van der Waals surface area contributed by atoms with E-state index in [4.69, 9.17) is 5.11 Å². The van der Waals surface area contributed by atoms with E-state index in [1.165, 1.54) is 23.9 Å². The third-order valence-corrected chi connectivity index (χ3v) is 3.71. The van der Waals surface area contributed by atoms with E-state index in [2.05, 4.69) is 0 Å². The fourth-order valence-electron chi connectivity index (χ4n) is 1.54. The second-order valence-corrected chi connectivity index (χ2v) is 4.90.